The molecule has 6 nitrogen and oxygen atoms in total. The average molecular weight is 302 g/mol. The molecule has 1 fully saturated rings. The lowest BCUT2D eigenvalue weighted by Crippen LogP contribution is -2.38. The number of benzene rings is 1. The first-order valence-electron chi connectivity index (χ1n) is 7.50. The molecule has 0 saturated carbocycles. The zero-order valence-corrected chi connectivity index (χ0v) is 13.0. The zero-order chi connectivity index (χ0) is 15.5. The highest BCUT2D eigenvalue weighted by Crippen LogP contribution is 2.33. The quantitative estimate of drug-likeness (QED) is 0.905. The van der Waals surface area contributed by atoms with Crippen LogP contribution in [0, 0.1) is 0 Å². The van der Waals surface area contributed by atoms with Crippen molar-refractivity contribution in [2.24, 2.45) is 0 Å². The van der Waals surface area contributed by atoms with Gasteiger partial charge in [0.25, 0.3) is 0 Å². The second-order valence-electron chi connectivity index (χ2n) is 5.72. The van der Waals surface area contributed by atoms with Crippen molar-refractivity contribution in [1.29, 1.82) is 0 Å². The zero-order valence-electron chi connectivity index (χ0n) is 13.0. The molecule has 2 heterocycles. The molecule has 22 heavy (non-hydrogen) atoms. The molecule has 1 unspecified atom stereocenters. The molecule has 0 radical (unpaired) electrons. The molecule has 0 aliphatic carbocycles. The molecule has 1 atom stereocenters. The fourth-order valence-corrected chi connectivity index (χ4v) is 2.81. The predicted octanol–water partition coefficient (Wildman–Crippen LogP) is 2.14. The van der Waals surface area contributed by atoms with Crippen molar-refractivity contribution in [1.82, 2.24) is 15.1 Å². The van der Waals surface area contributed by atoms with Crippen LogP contribution in [-0.4, -0.2) is 48.4 Å². The number of hydrogen-bond donors (Lipinski definition) is 2. The molecule has 1 aromatic carbocycles. The maximum Gasteiger partial charge on any atom is 0.161 e. The summed E-state index contributed by atoms with van der Waals surface area (Å²) in [5, 5.41) is 6.85. The van der Waals surface area contributed by atoms with Gasteiger partial charge in [-0.25, -0.2) is 0 Å². The maximum absolute atomic E-state index is 6.13. The van der Waals surface area contributed by atoms with Crippen molar-refractivity contribution >= 4 is 5.82 Å². The number of aromatic nitrogens is 2. The number of ether oxygens (including phenoxy) is 2. The van der Waals surface area contributed by atoms with Crippen LogP contribution in [0.2, 0.25) is 0 Å². The fourth-order valence-electron chi connectivity index (χ4n) is 2.81. The molecule has 3 N–H and O–H groups in total. The smallest absolute Gasteiger partial charge is 0.161 e. The van der Waals surface area contributed by atoms with E-state index in [2.05, 4.69) is 22.1 Å². The standard InChI is InChI=1S/C16H22N4O2/c1-20-7-3-4-12(10-20)22-14-6-5-11(8-15(14)21-2)13-9-16(17)19-18-13/h5-6,8-9,12H,3-4,7,10H2,1-2H3,(H3,17,18,19). The van der Waals surface area contributed by atoms with Gasteiger partial charge in [-0.3, -0.25) is 5.10 Å². The van der Waals surface area contributed by atoms with E-state index < -0.39 is 0 Å². The van der Waals surface area contributed by atoms with Crippen molar-refractivity contribution < 1.29 is 9.47 Å². The van der Waals surface area contributed by atoms with E-state index in [1.807, 2.05) is 18.2 Å². The van der Waals surface area contributed by atoms with Crippen molar-refractivity contribution in [2.45, 2.75) is 18.9 Å². The molecule has 6 heteroatoms. The molecular weight excluding hydrogens is 280 g/mol. The number of likely N-dealkylation sites (N-methyl/N-ethyl adjacent to an activating group) is 1. The summed E-state index contributed by atoms with van der Waals surface area (Å²) < 4.78 is 11.6. The number of nitrogens with zero attached hydrogens (tertiary/aromatic N) is 2. The van der Waals surface area contributed by atoms with Gasteiger partial charge in [0.1, 0.15) is 11.9 Å². The second kappa shape index (κ2) is 6.27. The molecule has 118 valence electrons. The largest absolute Gasteiger partial charge is 0.493 e. The lowest BCUT2D eigenvalue weighted by atomic mass is 10.1. The Kier molecular flexibility index (Phi) is 4.20. The topological polar surface area (TPSA) is 76.4 Å². The first kappa shape index (κ1) is 14.7. The lowest BCUT2D eigenvalue weighted by Gasteiger charge is -2.30. The highest BCUT2D eigenvalue weighted by Gasteiger charge is 2.20. The molecule has 1 saturated heterocycles. The van der Waals surface area contributed by atoms with Gasteiger partial charge in [0, 0.05) is 18.2 Å². The average Bonchev–Trinajstić information content (AvgIpc) is 2.94. The summed E-state index contributed by atoms with van der Waals surface area (Å²) in [5.74, 6) is 1.97. The van der Waals surface area contributed by atoms with Gasteiger partial charge in [0.15, 0.2) is 11.5 Å². The summed E-state index contributed by atoms with van der Waals surface area (Å²) in [6, 6.07) is 7.66. The Morgan fingerprint density at radius 1 is 1.32 bits per heavy atom. The van der Waals surface area contributed by atoms with Crippen LogP contribution in [0.3, 0.4) is 0 Å². The first-order chi connectivity index (χ1) is 10.7. The van der Waals surface area contributed by atoms with E-state index >= 15 is 0 Å². The number of hydrogen-bond acceptors (Lipinski definition) is 5. The summed E-state index contributed by atoms with van der Waals surface area (Å²) in [4.78, 5) is 2.29. The van der Waals surface area contributed by atoms with Crippen LogP contribution in [0.15, 0.2) is 24.3 Å². The molecule has 1 aliphatic rings. The molecule has 3 rings (SSSR count). The highest BCUT2D eigenvalue weighted by molar-refractivity contribution is 5.65. The predicted molar refractivity (Wildman–Crippen MR) is 86.1 cm³/mol. The number of methoxy groups -OCH3 is 1. The van der Waals surface area contributed by atoms with E-state index in [4.69, 9.17) is 15.2 Å². The van der Waals surface area contributed by atoms with Crippen LogP contribution in [0.1, 0.15) is 12.8 Å². The minimum Gasteiger partial charge on any atom is -0.493 e. The monoisotopic (exact) mass is 302 g/mol. The van der Waals surface area contributed by atoms with E-state index in [-0.39, 0.29) is 6.10 Å². The maximum atomic E-state index is 6.13. The Hall–Kier alpha value is -2.21. The van der Waals surface area contributed by atoms with Gasteiger partial charge in [-0.05, 0) is 44.6 Å². The van der Waals surface area contributed by atoms with Crippen LogP contribution in [-0.2, 0) is 0 Å². The van der Waals surface area contributed by atoms with Crippen LogP contribution in [0.5, 0.6) is 11.5 Å². The Morgan fingerprint density at radius 2 is 2.18 bits per heavy atom. The van der Waals surface area contributed by atoms with Gasteiger partial charge in [0.05, 0.1) is 12.8 Å². The summed E-state index contributed by atoms with van der Waals surface area (Å²) in [5.41, 5.74) is 7.48. The summed E-state index contributed by atoms with van der Waals surface area (Å²) in [6.45, 7) is 2.08. The molecule has 2 aromatic rings. The fraction of sp³-hybridized carbons (Fsp3) is 0.438. The van der Waals surface area contributed by atoms with Gasteiger partial charge >= 0.3 is 0 Å². The van der Waals surface area contributed by atoms with Crippen molar-refractivity contribution in [2.75, 3.05) is 33.0 Å². The first-order valence-corrected chi connectivity index (χ1v) is 7.50. The van der Waals surface area contributed by atoms with Gasteiger partial charge in [-0.15, -0.1) is 0 Å². The van der Waals surface area contributed by atoms with E-state index in [0.29, 0.717) is 5.82 Å². The third kappa shape index (κ3) is 3.17. The van der Waals surface area contributed by atoms with Crippen molar-refractivity contribution in [3.63, 3.8) is 0 Å². The number of nitrogen functional groups attached to an aromatic ring is 1. The van der Waals surface area contributed by atoms with Gasteiger partial charge in [-0.2, -0.15) is 5.10 Å². The number of anilines is 1. The Morgan fingerprint density at radius 3 is 2.86 bits per heavy atom. The number of rotatable bonds is 4. The second-order valence-corrected chi connectivity index (χ2v) is 5.72. The highest BCUT2D eigenvalue weighted by atomic mass is 16.5. The number of H-pyrrole nitrogens is 1. The number of likely N-dealkylation sites (tertiary alicyclic amines) is 1. The van der Waals surface area contributed by atoms with E-state index in [9.17, 15) is 0 Å². The summed E-state index contributed by atoms with van der Waals surface area (Å²) in [7, 11) is 3.78. The van der Waals surface area contributed by atoms with Crippen LogP contribution in [0.4, 0.5) is 5.82 Å². The number of aromatic amines is 1. The Balaban J connectivity index is 1.80. The van der Waals surface area contributed by atoms with E-state index in [1.54, 1.807) is 13.2 Å². The molecular formula is C16H22N4O2. The minimum absolute atomic E-state index is 0.210. The molecule has 0 amide bonds. The lowest BCUT2D eigenvalue weighted by molar-refractivity contribution is 0.101. The number of nitrogens with one attached hydrogen (secondary N) is 1. The molecule has 0 spiro atoms. The number of nitrogens with two attached hydrogens (primary N) is 1. The SMILES string of the molecule is COc1cc(-c2cc(N)n[nH]2)ccc1OC1CCCN(C)C1. The molecule has 0 bridgehead atoms. The summed E-state index contributed by atoms with van der Waals surface area (Å²) >= 11 is 0. The minimum atomic E-state index is 0.210. The third-order valence-corrected chi connectivity index (χ3v) is 3.95. The summed E-state index contributed by atoms with van der Waals surface area (Å²) in [6.07, 6.45) is 2.45. The van der Waals surface area contributed by atoms with Crippen LogP contribution >= 0.6 is 0 Å². The van der Waals surface area contributed by atoms with Crippen molar-refractivity contribution in [3.05, 3.63) is 24.3 Å². The molecule has 1 aliphatic heterocycles. The van der Waals surface area contributed by atoms with Gasteiger partial charge < -0.3 is 20.1 Å². The Labute approximate surface area is 130 Å². The van der Waals surface area contributed by atoms with Gasteiger partial charge in [-0.1, -0.05) is 0 Å². The molecule has 1 aromatic heterocycles. The van der Waals surface area contributed by atoms with Gasteiger partial charge in [0.2, 0.25) is 0 Å². The van der Waals surface area contributed by atoms with E-state index in [0.717, 1.165) is 48.7 Å². The van der Waals surface area contributed by atoms with Crippen molar-refractivity contribution in [3.8, 4) is 22.8 Å². The Bertz CT molecular complexity index is 641. The normalized spacial score (nSPS) is 19.1. The van der Waals surface area contributed by atoms with Crippen LogP contribution < -0.4 is 15.2 Å². The van der Waals surface area contributed by atoms with Crippen LogP contribution in [0.25, 0.3) is 11.3 Å². The third-order valence-electron chi connectivity index (χ3n) is 3.95. The number of piperidine rings is 1. The van der Waals surface area contributed by atoms with E-state index in [1.165, 1.54) is 0 Å².